The zero-order valence-electron chi connectivity index (χ0n) is 12.0. The summed E-state index contributed by atoms with van der Waals surface area (Å²) in [5.74, 6) is -0.0480. The molecule has 0 aliphatic heterocycles. The Bertz CT molecular complexity index is 420. The zero-order valence-corrected chi connectivity index (χ0v) is 12.0. The normalized spacial score (nSPS) is 11.2. The number of nitrogens with zero attached hydrogens (tertiary/aromatic N) is 2. The van der Waals surface area contributed by atoms with Gasteiger partial charge in [0.05, 0.1) is 6.20 Å². The Morgan fingerprint density at radius 3 is 2.63 bits per heavy atom. The lowest BCUT2D eigenvalue weighted by Gasteiger charge is -2.19. The maximum absolute atomic E-state index is 11.8. The number of H-pyrrole nitrogens is 1. The van der Waals surface area contributed by atoms with Crippen molar-refractivity contribution in [3.05, 3.63) is 18.0 Å². The van der Waals surface area contributed by atoms with Crippen LogP contribution in [-0.4, -0.2) is 40.5 Å². The first-order chi connectivity index (χ1) is 8.80. The SMILES string of the molecule is CN(Cc1cn[nH]c1)C(=O)CCNC(=O)C(C)(C)C. The monoisotopic (exact) mass is 266 g/mol. The number of hydrogen-bond acceptors (Lipinski definition) is 3. The third kappa shape index (κ3) is 5.11. The molecule has 19 heavy (non-hydrogen) atoms. The maximum Gasteiger partial charge on any atom is 0.225 e. The average molecular weight is 266 g/mol. The summed E-state index contributed by atoms with van der Waals surface area (Å²) >= 11 is 0. The number of nitrogens with one attached hydrogen (secondary N) is 2. The van der Waals surface area contributed by atoms with E-state index in [1.165, 1.54) is 0 Å². The van der Waals surface area contributed by atoms with Crippen LogP contribution in [0.2, 0.25) is 0 Å². The van der Waals surface area contributed by atoms with Gasteiger partial charge in [0.1, 0.15) is 0 Å². The predicted octanol–water partition coefficient (Wildman–Crippen LogP) is 0.920. The van der Waals surface area contributed by atoms with Gasteiger partial charge >= 0.3 is 0 Å². The minimum Gasteiger partial charge on any atom is -0.355 e. The van der Waals surface area contributed by atoms with Crippen molar-refractivity contribution in [2.75, 3.05) is 13.6 Å². The van der Waals surface area contributed by atoms with Gasteiger partial charge in [-0.2, -0.15) is 5.10 Å². The highest BCUT2D eigenvalue weighted by Crippen LogP contribution is 2.12. The minimum absolute atomic E-state index is 0.00425. The van der Waals surface area contributed by atoms with Crippen LogP contribution < -0.4 is 5.32 Å². The second-order valence-electron chi connectivity index (χ2n) is 5.61. The number of aromatic nitrogens is 2. The number of amides is 2. The largest absolute Gasteiger partial charge is 0.355 e. The van der Waals surface area contributed by atoms with Crippen molar-refractivity contribution in [2.45, 2.75) is 33.7 Å². The Labute approximate surface area is 113 Å². The standard InChI is InChI=1S/C13H22N4O2/c1-13(2,3)12(19)14-6-5-11(18)17(4)9-10-7-15-16-8-10/h7-8H,5-6,9H2,1-4H3,(H,14,19)(H,15,16). The average Bonchev–Trinajstić information content (AvgIpc) is 2.80. The lowest BCUT2D eigenvalue weighted by Crippen LogP contribution is -2.37. The van der Waals surface area contributed by atoms with Crippen LogP contribution in [0.3, 0.4) is 0 Å². The Balaban J connectivity index is 2.29. The molecule has 6 heteroatoms. The van der Waals surface area contributed by atoms with Gasteiger partial charge in [-0.3, -0.25) is 14.7 Å². The van der Waals surface area contributed by atoms with E-state index in [0.717, 1.165) is 5.56 Å². The first kappa shape index (κ1) is 15.2. The summed E-state index contributed by atoms with van der Waals surface area (Å²) in [6.45, 7) is 6.41. The fraction of sp³-hybridized carbons (Fsp3) is 0.615. The van der Waals surface area contributed by atoms with Crippen LogP contribution >= 0.6 is 0 Å². The highest BCUT2D eigenvalue weighted by molar-refractivity contribution is 5.82. The van der Waals surface area contributed by atoms with Crippen LogP contribution in [-0.2, 0) is 16.1 Å². The van der Waals surface area contributed by atoms with Crippen molar-refractivity contribution in [3.8, 4) is 0 Å². The Morgan fingerprint density at radius 1 is 1.42 bits per heavy atom. The van der Waals surface area contributed by atoms with E-state index < -0.39 is 5.41 Å². The molecule has 0 saturated carbocycles. The molecule has 2 amide bonds. The molecule has 0 aliphatic carbocycles. The molecule has 0 bridgehead atoms. The molecule has 0 spiro atoms. The summed E-state index contributed by atoms with van der Waals surface area (Å²) in [7, 11) is 1.74. The maximum atomic E-state index is 11.8. The van der Waals surface area contributed by atoms with Crippen molar-refractivity contribution >= 4 is 11.8 Å². The van der Waals surface area contributed by atoms with Gasteiger partial charge in [-0.1, -0.05) is 20.8 Å². The van der Waals surface area contributed by atoms with Crippen molar-refractivity contribution in [3.63, 3.8) is 0 Å². The van der Waals surface area contributed by atoms with Gasteiger partial charge in [-0.25, -0.2) is 0 Å². The molecule has 2 N–H and O–H groups in total. The van der Waals surface area contributed by atoms with Crippen LogP contribution in [0.15, 0.2) is 12.4 Å². The third-order valence-corrected chi connectivity index (χ3v) is 2.71. The van der Waals surface area contributed by atoms with Gasteiger partial charge in [0.15, 0.2) is 0 Å². The molecule has 0 aliphatic rings. The molecule has 0 unspecified atom stereocenters. The summed E-state index contributed by atoms with van der Waals surface area (Å²) in [4.78, 5) is 25.1. The predicted molar refractivity (Wildman–Crippen MR) is 72.1 cm³/mol. The number of aromatic amines is 1. The van der Waals surface area contributed by atoms with E-state index in [-0.39, 0.29) is 11.8 Å². The number of rotatable bonds is 5. The Kier molecular flexibility index (Phi) is 5.09. The molecule has 0 radical (unpaired) electrons. The van der Waals surface area contributed by atoms with Crippen molar-refractivity contribution in [1.29, 1.82) is 0 Å². The fourth-order valence-corrected chi connectivity index (χ4v) is 1.47. The minimum atomic E-state index is -0.425. The second kappa shape index (κ2) is 6.36. The first-order valence-corrected chi connectivity index (χ1v) is 6.30. The van der Waals surface area contributed by atoms with Crippen LogP contribution in [0.5, 0.6) is 0 Å². The summed E-state index contributed by atoms with van der Waals surface area (Å²) < 4.78 is 0. The molecule has 1 aromatic heterocycles. The Hall–Kier alpha value is -1.85. The molecule has 0 fully saturated rings. The van der Waals surface area contributed by atoms with Gasteiger partial charge < -0.3 is 10.2 Å². The third-order valence-electron chi connectivity index (χ3n) is 2.71. The second-order valence-corrected chi connectivity index (χ2v) is 5.61. The van der Waals surface area contributed by atoms with Crippen molar-refractivity contribution in [1.82, 2.24) is 20.4 Å². The lowest BCUT2D eigenvalue weighted by atomic mass is 9.96. The number of carbonyl (C=O) groups is 2. The van der Waals surface area contributed by atoms with Crippen molar-refractivity contribution < 1.29 is 9.59 Å². The van der Waals surface area contributed by atoms with Crippen LogP contribution in [0.4, 0.5) is 0 Å². The summed E-state index contributed by atoms with van der Waals surface area (Å²) in [5, 5.41) is 9.29. The van der Waals surface area contributed by atoms with E-state index in [2.05, 4.69) is 15.5 Å². The van der Waals surface area contributed by atoms with E-state index in [1.807, 2.05) is 20.8 Å². The molecular formula is C13H22N4O2. The molecule has 0 saturated heterocycles. The lowest BCUT2D eigenvalue weighted by molar-refractivity contribution is -0.131. The van der Waals surface area contributed by atoms with Gasteiger partial charge in [0.2, 0.25) is 11.8 Å². The highest BCUT2D eigenvalue weighted by atomic mass is 16.2. The number of hydrogen-bond donors (Lipinski definition) is 2. The van der Waals surface area contributed by atoms with Crippen LogP contribution in [0.1, 0.15) is 32.8 Å². The molecular weight excluding hydrogens is 244 g/mol. The van der Waals surface area contributed by atoms with E-state index in [1.54, 1.807) is 24.3 Å². The molecule has 0 aromatic carbocycles. The molecule has 6 nitrogen and oxygen atoms in total. The molecule has 0 atom stereocenters. The summed E-state index contributed by atoms with van der Waals surface area (Å²) in [6.07, 6.45) is 3.74. The van der Waals surface area contributed by atoms with Crippen molar-refractivity contribution in [2.24, 2.45) is 5.41 Å². The molecule has 1 rings (SSSR count). The highest BCUT2D eigenvalue weighted by Gasteiger charge is 2.20. The van der Waals surface area contributed by atoms with E-state index >= 15 is 0 Å². The summed E-state index contributed by atoms with van der Waals surface area (Å²) in [6, 6.07) is 0. The molecule has 1 aromatic rings. The fourth-order valence-electron chi connectivity index (χ4n) is 1.47. The van der Waals surface area contributed by atoms with Gasteiger partial charge in [0.25, 0.3) is 0 Å². The van der Waals surface area contributed by atoms with E-state index in [4.69, 9.17) is 0 Å². The Morgan fingerprint density at radius 2 is 2.11 bits per heavy atom. The molecule has 1 heterocycles. The van der Waals surface area contributed by atoms with Crippen LogP contribution in [0.25, 0.3) is 0 Å². The zero-order chi connectivity index (χ0) is 14.5. The van der Waals surface area contributed by atoms with Gasteiger partial charge in [0, 0.05) is 43.7 Å². The van der Waals surface area contributed by atoms with Gasteiger partial charge in [-0.05, 0) is 0 Å². The van der Waals surface area contributed by atoms with Gasteiger partial charge in [-0.15, -0.1) is 0 Å². The molecule has 106 valence electrons. The number of carbonyl (C=O) groups excluding carboxylic acids is 2. The van der Waals surface area contributed by atoms with Crippen LogP contribution in [0, 0.1) is 5.41 Å². The summed E-state index contributed by atoms with van der Waals surface area (Å²) in [5.41, 5.74) is 0.528. The van der Waals surface area contributed by atoms with E-state index in [0.29, 0.717) is 19.5 Å². The first-order valence-electron chi connectivity index (χ1n) is 6.30. The smallest absolute Gasteiger partial charge is 0.225 e. The van der Waals surface area contributed by atoms with E-state index in [9.17, 15) is 9.59 Å². The quantitative estimate of drug-likeness (QED) is 0.832. The topological polar surface area (TPSA) is 78.1 Å².